The Bertz CT molecular complexity index is 798. The van der Waals surface area contributed by atoms with Crippen molar-refractivity contribution < 1.29 is 4.74 Å². The van der Waals surface area contributed by atoms with E-state index < -0.39 is 0 Å². The lowest BCUT2D eigenvalue weighted by atomic mass is 10.2. The van der Waals surface area contributed by atoms with Gasteiger partial charge in [0.2, 0.25) is 0 Å². The largest absolute Gasteiger partial charge is 0.485 e. The Hall–Kier alpha value is -2.66. The number of benzene rings is 2. The van der Waals surface area contributed by atoms with Crippen LogP contribution < -0.4 is 10.1 Å². The van der Waals surface area contributed by atoms with Crippen LogP contribution >= 0.6 is 0 Å². The molecule has 23 heavy (non-hydrogen) atoms. The molecule has 0 radical (unpaired) electrons. The number of ether oxygens (including phenoxy) is 1. The number of nitrogens with zero attached hydrogens (tertiary/aromatic N) is 3. The third-order valence-electron chi connectivity index (χ3n) is 4.02. The van der Waals surface area contributed by atoms with Gasteiger partial charge in [0.05, 0.1) is 13.1 Å². The van der Waals surface area contributed by atoms with Crippen LogP contribution in [0, 0.1) is 0 Å². The summed E-state index contributed by atoms with van der Waals surface area (Å²) in [4.78, 5) is 0. The molecule has 0 aliphatic carbocycles. The van der Waals surface area contributed by atoms with Gasteiger partial charge in [-0.25, -0.2) is 0 Å². The van der Waals surface area contributed by atoms with Gasteiger partial charge < -0.3 is 14.6 Å². The Morgan fingerprint density at radius 3 is 2.70 bits per heavy atom. The molecule has 1 aliphatic heterocycles. The Kier molecular flexibility index (Phi) is 3.78. The molecule has 3 aromatic rings. The average molecular weight is 306 g/mol. The van der Waals surface area contributed by atoms with E-state index in [1.807, 2.05) is 36.4 Å². The summed E-state index contributed by atoms with van der Waals surface area (Å²) in [5, 5.41) is 12.0. The van der Waals surface area contributed by atoms with Gasteiger partial charge in [0.25, 0.3) is 0 Å². The number of hydrogen-bond acceptors (Lipinski definition) is 4. The summed E-state index contributed by atoms with van der Waals surface area (Å²) in [6, 6.07) is 18.5. The van der Waals surface area contributed by atoms with Crippen molar-refractivity contribution in [3.63, 3.8) is 0 Å². The Labute approximate surface area is 134 Å². The van der Waals surface area contributed by atoms with Gasteiger partial charge in [0.15, 0.2) is 5.82 Å². The minimum Gasteiger partial charge on any atom is -0.485 e. The Morgan fingerprint density at radius 2 is 1.78 bits per heavy atom. The fraction of sp³-hybridized carbons (Fsp3) is 0.222. The zero-order chi connectivity index (χ0) is 15.5. The van der Waals surface area contributed by atoms with Gasteiger partial charge >= 0.3 is 0 Å². The maximum atomic E-state index is 5.82. The highest BCUT2D eigenvalue weighted by Crippen LogP contribution is 2.24. The molecule has 0 amide bonds. The van der Waals surface area contributed by atoms with Crippen molar-refractivity contribution in [1.29, 1.82) is 0 Å². The third kappa shape index (κ3) is 2.96. The summed E-state index contributed by atoms with van der Waals surface area (Å²) in [5.41, 5.74) is 2.42. The van der Waals surface area contributed by atoms with E-state index in [0.29, 0.717) is 13.2 Å². The highest BCUT2D eigenvalue weighted by molar-refractivity contribution is 5.34. The molecule has 0 spiro atoms. The molecule has 2 aromatic carbocycles. The maximum absolute atomic E-state index is 5.82. The molecule has 5 nitrogen and oxygen atoms in total. The van der Waals surface area contributed by atoms with Crippen molar-refractivity contribution in [2.75, 3.05) is 0 Å². The van der Waals surface area contributed by atoms with Gasteiger partial charge in [-0.05, 0) is 11.6 Å². The van der Waals surface area contributed by atoms with Gasteiger partial charge in [-0.15, -0.1) is 10.2 Å². The van der Waals surface area contributed by atoms with Crippen LogP contribution in [0.4, 0.5) is 0 Å². The molecule has 0 saturated carbocycles. The number of aromatic nitrogens is 3. The minimum atomic E-state index is 0.461. The van der Waals surface area contributed by atoms with Crippen LogP contribution in [-0.2, 0) is 26.2 Å². The first kappa shape index (κ1) is 14.0. The van der Waals surface area contributed by atoms with Crippen LogP contribution in [0.15, 0.2) is 54.6 Å². The monoisotopic (exact) mass is 306 g/mol. The van der Waals surface area contributed by atoms with E-state index in [1.54, 1.807) is 0 Å². The van der Waals surface area contributed by atoms with Crippen molar-refractivity contribution in [1.82, 2.24) is 20.1 Å². The van der Waals surface area contributed by atoms with Crippen molar-refractivity contribution in [2.45, 2.75) is 26.2 Å². The molecule has 0 saturated heterocycles. The molecule has 1 N–H and O–H groups in total. The second-order valence-corrected chi connectivity index (χ2v) is 5.60. The van der Waals surface area contributed by atoms with Gasteiger partial charge in [0, 0.05) is 12.1 Å². The van der Waals surface area contributed by atoms with Crippen molar-refractivity contribution >= 4 is 0 Å². The van der Waals surface area contributed by atoms with E-state index in [9.17, 15) is 0 Å². The second-order valence-electron chi connectivity index (χ2n) is 5.60. The number of hydrogen-bond donors (Lipinski definition) is 1. The van der Waals surface area contributed by atoms with Gasteiger partial charge in [-0.1, -0.05) is 48.5 Å². The lowest BCUT2D eigenvalue weighted by Gasteiger charge is -2.09. The average Bonchev–Trinajstić information content (AvgIpc) is 2.87. The highest BCUT2D eigenvalue weighted by atomic mass is 16.5. The normalized spacial score (nSPS) is 12.9. The first-order chi connectivity index (χ1) is 11.4. The SMILES string of the molecule is c1ccc(CNCc2nnc3n2Cc2ccccc2OC3)cc1. The predicted octanol–water partition coefficient (Wildman–Crippen LogP) is 2.51. The molecular weight excluding hydrogens is 288 g/mol. The molecule has 2 heterocycles. The molecule has 5 heteroatoms. The predicted molar refractivity (Wildman–Crippen MR) is 86.9 cm³/mol. The first-order valence-corrected chi connectivity index (χ1v) is 7.76. The molecule has 0 bridgehead atoms. The van der Waals surface area contributed by atoms with Gasteiger partial charge in [-0.2, -0.15) is 0 Å². The maximum Gasteiger partial charge on any atom is 0.171 e. The highest BCUT2D eigenvalue weighted by Gasteiger charge is 2.18. The molecule has 0 unspecified atom stereocenters. The van der Waals surface area contributed by atoms with Crippen LogP contribution in [0.2, 0.25) is 0 Å². The third-order valence-corrected chi connectivity index (χ3v) is 4.02. The van der Waals surface area contributed by atoms with Crippen LogP contribution in [0.1, 0.15) is 22.8 Å². The number of nitrogens with one attached hydrogen (secondary N) is 1. The molecule has 1 aromatic heterocycles. The molecule has 116 valence electrons. The standard InChI is InChI=1S/C18H18N4O/c1-2-6-14(7-3-1)10-19-11-17-20-21-18-13-23-16-9-5-4-8-15(16)12-22(17)18/h1-9,19H,10-13H2. The Morgan fingerprint density at radius 1 is 0.957 bits per heavy atom. The van der Waals surface area contributed by atoms with Crippen molar-refractivity contribution in [3.8, 4) is 5.75 Å². The molecule has 4 rings (SSSR count). The number of fused-ring (bicyclic) bond motifs is 2. The smallest absolute Gasteiger partial charge is 0.171 e. The van der Waals surface area contributed by atoms with Crippen molar-refractivity contribution in [3.05, 3.63) is 77.4 Å². The fourth-order valence-corrected chi connectivity index (χ4v) is 2.79. The molecular formula is C18H18N4O. The summed E-state index contributed by atoms with van der Waals surface area (Å²) in [6.45, 7) is 2.71. The molecule has 1 aliphatic rings. The van der Waals surface area contributed by atoms with E-state index in [2.05, 4.69) is 38.3 Å². The van der Waals surface area contributed by atoms with E-state index >= 15 is 0 Å². The summed E-state index contributed by atoms with van der Waals surface area (Å²) >= 11 is 0. The van der Waals surface area contributed by atoms with Crippen LogP contribution in [0.5, 0.6) is 5.75 Å². The van der Waals surface area contributed by atoms with Gasteiger partial charge in [-0.3, -0.25) is 0 Å². The fourth-order valence-electron chi connectivity index (χ4n) is 2.79. The minimum absolute atomic E-state index is 0.461. The van der Waals surface area contributed by atoms with E-state index in [0.717, 1.165) is 36.1 Å². The number of para-hydroxylation sites is 1. The molecule has 0 fully saturated rings. The first-order valence-electron chi connectivity index (χ1n) is 7.76. The van der Waals surface area contributed by atoms with Crippen LogP contribution in [-0.4, -0.2) is 14.8 Å². The zero-order valence-electron chi connectivity index (χ0n) is 12.8. The second kappa shape index (κ2) is 6.22. The quantitative estimate of drug-likeness (QED) is 0.804. The van der Waals surface area contributed by atoms with E-state index in [1.165, 1.54) is 5.56 Å². The van der Waals surface area contributed by atoms with E-state index in [-0.39, 0.29) is 0 Å². The van der Waals surface area contributed by atoms with Crippen LogP contribution in [0.25, 0.3) is 0 Å². The lowest BCUT2D eigenvalue weighted by Crippen LogP contribution is -2.17. The van der Waals surface area contributed by atoms with E-state index in [4.69, 9.17) is 4.74 Å². The topological polar surface area (TPSA) is 52.0 Å². The lowest BCUT2D eigenvalue weighted by molar-refractivity contribution is 0.297. The summed E-state index contributed by atoms with van der Waals surface area (Å²) in [6.07, 6.45) is 0. The van der Waals surface area contributed by atoms with Gasteiger partial charge in [0.1, 0.15) is 18.2 Å². The summed E-state index contributed by atoms with van der Waals surface area (Å²) < 4.78 is 7.96. The molecule has 0 atom stereocenters. The number of rotatable bonds is 4. The van der Waals surface area contributed by atoms with Crippen LogP contribution in [0.3, 0.4) is 0 Å². The zero-order valence-corrected chi connectivity index (χ0v) is 12.8. The summed E-state index contributed by atoms with van der Waals surface area (Å²) in [7, 11) is 0. The Balaban J connectivity index is 1.49. The summed E-state index contributed by atoms with van der Waals surface area (Å²) in [5.74, 6) is 2.75. The van der Waals surface area contributed by atoms with Crippen molar-refractivity contribution in [2.24, 2.45) is 0 Å².